The summed E-state index contributed by atoms with van der Waals surface area (Å²) in [6.07, 6.45) is 0. The number of aryl methyl sites for hydroxylation is 1. The molecule has 15 heavy (non-hydrogen) atoms. The Morgan fingerprint density at radius 1 is 1.33 bits per heavy atom. The molecule has 0 unspecified atom stereocenters. The van der Waals surface area contributed by atoms with Crippen LogP contribution in [0.4, 0.5) is 4.39 Å². The summed E-state index contributed by atoms with van der Waals surface area (Å²) in [5, 5.41) is 4.65. The molecule has 0 radical (unpaired) electrons. The number of benzene rings is 1. The van der Waals surface area contributed by atoms with Gasteiger partial charge in [0.1, 0.15) is 5.82 Å². The smallest absolute Gasteiger partial charge is 0.380 e. The van der Waals surface area contributed by atoms with Gasteiger partial charge in [-0.3, -0.25) is 0 Å². The number of hydrogen-bond acceptors (Lipinski definition) is 4. The van der Waals surface area contributed by atoms with Crippen molar-refractivity contribution in [1.29, 1.82) is 0 Å². The minimum atomic E-state index is -4.19. The molecule has 1 aromatic rings. The van der Waals surface area contributed by atoms with E-state index < -0.39 is 16.1 Å². The Morgan fingerprint density at radius 2 is 1.93 bits per heavy atom. The van der Waals surface area contributed by atoms with Crippen LogP contribution in [0.5, 0.6) is 11.5 Å². The van der Waals surface area contributed by atoms with Gasteiger partial charge in [0.15, 0.2) is 11.5 Å². The Hall–Kier alpha value is -1.34. The van der Waals surface area contributed by atoms with Crippen molar-refractivity contribution < 1.29 is 21.7 Å². The van der Waals surface area contributed by atoms with Gasteiger partial charge in [0.2, 0.25) is 0 Å². The van der Waals surface area contributed by atoms with Crippen LogP contribution in [0.15, 0.2) is 12.1 Å². The number of hydrogen-bond donors (Lipinski definition) is 1. The zero-order chi connectivity index (χ0) is 11.6. The van der Waals surface area contributed by atoms with Crippen LogP contribution in [-0.2, 0) is 10.3 Å². The van der Waals surface area contributed by atoms with E-state index in [9.17, 15) is 12.8 Å². The molecule has 0 saturated carbocycles. The summed E-state index contributed by atoms with van der Waals surface area (Å²) >= 11 is 0. The first-order chi connectivity index (χ1) is 6.83. The lowest BCUT2D eigenvalue weighted by Gasteiger charge is -2.09. The summed E-state index contributed by atoms with van der Waals surface area (Å²) in [5.41, 5.74) is 0.314. The number of ether oxygens (including phenoxy) is 1. The molecular weight excluding hydrogens is 225 g/mol. The van der Waals surface area contributed by atoms with Gasteiger partial charge < -0.3 is 8.92 Å². The molecule has 84 valence electrons. The van der Waals surface area contributed by atoms with Crippen molar-refractivity contribution in [2.24, 2.45) is 5.14 Å². The maximum absolute atomic E-state index is 13.1. The third-order valence-electron chi connectivity index (χ3n) is 1.65. The Bertz CT molecular complexity index is 472. The fourth-order valence-electron chi connectivity index (χ4n) is 0.987. The highest BCUT2D eigenvalue weighted by Crippen LogP contribution is 2.30. The van der Waals surface area contributed by atoms with Gasteiger partial charge in [0, 0.05) is 6.07 Å². The van der Waals surface area contributed by atoms with E-state index in [4.69, 9.17) is 4.74 Å². The summed E-state index contributed by atoms with van der Waals surface area (Å²) in [7, 11) is -2.88. The van der Waals surface area contributed by atoms with Crippen molar-refractivity contribution in [3.8, 4) is 11.5 Å². The number of nitrogens with two attached hydrogens (primary N) is 1. The summed E-state index contributed by atoms with van der Waals surface area (Å²) in [4.78, 5) is 0. The molecule has 0 atom stereocenters. The fraction of sp³-hybridized carbons (Fsp3) is 0.250. The Labute approximate surface area is 86.9 Å². The maximum Gasteiger partial charge on any atom is 0.380 e. The third kappa shape index (κ3) is 3.07. The zero-order valence-electron chi connectivity index (χ0n) is 8.15. The fourth-order valence-corrected chi connectivity index (χ4v) is 1.37. The van der Waals surface area contributed by atoms with Gasteiger partial charge in [-0.15, -0.1) is 0 Å². The van der Waals surface area contributed by atoms with Crippen molar-refractivity contribution in [2.75, 3.05) is 7.11 Å². The molecular formula is C8H10FNO4S. The molecule has 5 nitrogen and oxygen atoms in total. The van der Waals surface area contributed by atoms with E-state index >= 15 is 0 Å². The van der Waals surface area contributed by atoms with E-state index in [1.807, 2.05) is 0 Å². The predicted molar refractivity (Wildman–Crippen MR) is 51.4 cm³/mol. The van der Waals surface area contributed by atoms with E-state index in [-0.39, 0.29) is 11.5 Å². The van der Waals surface area contributed by atoms with Gasteiger partial charge in [-0.2, -0.15) is 13.6 Å². The van der Waals surface area contributed by atoms with E-state index in [1.165, 1.54) is 20.1 Å². The normalized spacial score (nSPS) is 11.2. The van der Waals surface area contributed by atoms with Gasteiger partial charge in [0.25, 0.3) is 0 Å². The molecule has 0 bridgehead atoms. The third-order valence-corrected chi connectivity index (χ3v) is 2.06. The highest BCUT2D eigenvalue weighted by molar-refractivity contribution is 7.84. The van der Waals surface area contributed by atoms with Crippen molar-refractivity contribution in [3.63, 3.8) is 0 Å². The Kier molecular flexibility index (Phi) is 3.15. The lowest BCUT2D eigenvalue weighted by Crippen LogP contribution is -2.19. The Morgan fingerprint density at radius 3 is 2.40 bits per heavy atom. The molecule has 2 N–H and O–H groups in total. The summed E-state index contributed by atoms with van der Waals surface area (Å²) in [6, 6.07) is 2.22. The maximum atomic E-state index is 13.1. The van der Waals surface area contributed by atoms with E-state index in [0.29, 0.717) is 5.56 Å². The van der Waals surface area contributed by atoms with Crippen molar-refractivity contribution in [3.05, 3.63) is 23.5 Å². The van der Waals surface area contributed by atoms with Gasteiger partial charge >= 0.3 is 10.3 Å². The van der Waals surface area contributed by atoms with E-state index in [0.717, 1.165) is 6.07 Å². The molecule has 0 saturated heterocycles. The molecule has 0 fully saturated rings. The molecule has 0 aromatic heterocycles. The summed E-state index contributed by atoms with van der Waals surface area (Å²) < 4.78 is 43.5. The highest BCUT2D eigenvalue weighted by Gasteiger charge is 2.13. The van der Waals surface area contributed by atoms with Crippen molar-refractivity contribution in [2.45, 2.75) is 6.92 Å². The molecule has 0 amide bonds. The zero-order valence-corrected chi connectivity index (χ0v) is 8.97. The molecule has 0 heterocycles. The molecule has 7 heteroatoms. The van der Waals surface area contributed by atoms with Gasteiger partial charge in [0.05, 0.1) is 7.11 Å². The van der Waals surface area contributed by atoms with Gasteiger partial charge in [-0.25, -0.2) is 4.39 Å². The van der Waals surface area contributed by atoms with Gasteiger partial charge in [-0.05, 0) is 18.6 Å². The second kappa shape index (κ2) is 4.03. The lowest BCUT2D eigenvalue weighted by atomic mass is 10.2. The number of rotatable bonds is 3. The first kappa shape index (κ1) is 11.7. The largest absolute Gasteiger partial charge is 0.493 e. The van der Waals surface area contributed by atoms with Crippen LogP contribution in [0, 0.1) is 12.7 Å². The van der Waals surface area contributed by atoms with Crippen LogP contribution in [0.25, 0.3) is 0 Å². The number of methoxy groups -OCH3 is 1. The summed E-state index contributed by atoms with van der Waals surface area (Å²) in [5.74, 6) is -0.777. The number of halogens is 1. The monoisotopic (exact) mass is 235 g/mol. The molecule has 1 aromatic carbocycles. The average Bonchev–Trinajstić information content (AvgIpc) is 2.08. The SMILES string of the molecule is COc1cc(C)c(F)cc1OS(N)(=O)=O. The van der Waals surface area contributed by atoms with Crippen molar-refractivity contribution >= 4 is 10.3 Å². The highest BCUT2D eigenvalue weighted by atomic mass is 32.2. The minimum Gasteiger partial charge on any atom is -0.493 e. The van der Waals surface area contributed by atoms with Crippen LogP contribution in [0.3, 0.4) is 0 Å². The van der Waals surface area contributed by atoms with Crippen LogP contribution in [-0.4, -0.2) is 15.5 Å². The predicted octanol–water partition coefficient (Wildman–Crippen LogP) is 0.725. The molecule has 0 aliphatic carbocycles. The quantitative estimate of drug-likeness (QED) is 0.837. The molecule has 0 aliphatic heterocycles. The van der Waals surface area contributed by atoms with Gasteiger partial charge in [-0.1, -0.05) is 0 Å². The Balaban J connectivity index is 3.22. The molecule has 0 spiro atoms. The van der Waals surface area contributed by atoms with E-state index in [1.54, 1.807) is 0 Å². The van der Waals surface area contributed by atoms with E-state index in [2.05, 4.69) is 9.32 Å². The standard InChI is InChI=1S/C8H10FNO4S/c1-5-3-7(13-2)8(4-6(5)9)14-15(10,11)12/h3-4H,1-2H3,(H2,10,11,12). The molecule has 1 rings (SSSR count). The molecule has 0 aliphatic rings. The second-order valence-corrected chi connectivity index (χ2v) is 3.98. The van der Waals surface area contributed by atoms with Crippen molar-refractivity contribution in [1.82, 2.24) is 0 Å². The van der Waals surface area contributed by atoms with Crippen LogP contribution in [0.1, 0.15) is 5.56 Å². The summed E-state index contributed by atoms with van der Waals surface area (Å²) in [6.45, 7) is 1.51. The topological polar surface area (TPSA) is 78.6 Å². The second-order valence-electron chi connectivity index (χ2n) is 2.83. The first-order valence-electron chi connectivity index (χ1n) is 3.90. The minimum absolute atomic E-state index is 0.0999. The first-order valence-corrected chi connectivity index (χ1v) is 5.37. The lowest BCUT2D eigenvalue weighted by molar-refractivity contribution is 0.388. The van der Waals surface area contributed by atoms with Crippen LogP contribution >= 0.6 is 0 Å². The average molecular weight is 235 g/mol. The van der Waals surface area contributed by atoms with Crippen LogP contribution in [0.2, 0.25) is 0 Å². The van der Waals surface area contributed by atoms with Crippen LogP contribution < -0.4 is 14.1 Å².